The quantitative estimate of drug-likeness (QED) is 0.316. The number of hydrogen-bond acceptors (Lipinski definition) is 8. The summed E-state index contributed by atoms with van der Waals surface area (Å²) in [4.78, 5) is 19.8. The molecule has 2 N–H and O–H groups in total. The van der Waals surface area contributed by atoms with Gasteiger partial charge in [-0.1, -0.05) is 11.6 Å². The van der Waals surface area contributed by atoms with Gasteiger partial charge in [-0.05, 0) is 49.9 Å². The molecule has 41 heavy (non-hydrogen) atoms. The van der Waals surface area contributed by atoms with Crippen molar-refractivity contribution in [3.8, 4) is 5.75 Å². The molecule has 0 radical (unpaired) electrons. The molecule has 1 saturated carbocycles. The van der Waals surface area contributed by atoms with E-state index < -0.39 is 34.4 Å². The van der Waals surface area contributed by atoms with Gasteiger partial charge in [0.15, 0.2) is 0 Å². The first-order valence-electron chi connectivity index (χ1n) is 12.6. The summed E-state index contributed by atoms with van der Waals surface area (Å²) in [5, 5.41) is 17.4. The third-order valence-corrected chi connectivity index (χ3v) is 7.21. The number of anilines is 2. The predicted octanol–water partition coefficient (Wildman–Crippen LogP) is 5.41. The van der Waals surface area contributed by atoms with Gasteiger partial charge >= 0.3 is 12.4 Å². The number of halogens is 7. The number of carbonyl (C=O) groups excluding carboxylic acids is 1. The minimum atomic E-state index is -4.82. The molecule has 1 saturated heterocycles. The molecule has 2 heterocycles. The Morgan fingerprint density at radius 2 is 1.61 bits per heavy atom. The van der Waals surface area contributed by atoms with Crippen molar-refractivity contribution in [3.63, 3.8) is 0 Å². The minimum absolute atomic E-state index is 0.0607. The van der Waals surface area contributed by atoms with Crippen LogP contribution in [-0.4, -0.2) is 71.2 Å². The van der Waals surface area contributed by atoms with Crippen LogP contribution in [0.25, 0.3) is 0 Å². The Labute approximate surface area is 235 Å². The van der Waals surface area contributed by atoms with Crippen LogP contribution in [0.1, 0.15) is 36.8 Å². The number of pyridine rings is 1. The highest BCUT2D eigenvalue weighted by Crippen LogP contribution is 2.39. The minimum Gasteiger partial charge on any atom is -0.490 e. The third-order valence-electron chi connectivity index (χ3n) is 6.94. The second-order valence-electron chi connectivity index (χ2n) is 9.69. The highest BCUT2D eigenvalue weighted by atomic mass is 35.5. The van der Waals surface area contributed by atoms with Gasteiger partial charge in [-0.2, -0.15) is 26.3 Å². The van der Waals surface area contributed by atoms with Crippen LogP contribution in [-0.2, 0) is 21.9 Å². The SMILES string of the molecule is O=C(COC1CCC(Oc2ccc(N(O)O)c(C(F)(F)F)c2)CC1)N1CCN(c2ncc(C(F)(F)F)cc2Cl)CC1. The molecule has 1 aliphatic carbocycles. The van der Waals surface area contributed by atoms with E-state index in [4.69, 9.17) is 31.5 Å². The highest BCUT2D eigenvalue weighted by molar-refractivity contribution is 6.33. The number of piperazine rings is 1. The van der Waals surface area contributed by atoms with Crippen molar-refractivity contribution < 1.29 is 51.0 Å². The largest absolute Gasteiger partial charge is 0.490 e. The highest BCUT2D eigenvalue weighted by Gasteiger charge is 2.36. The summed E-state index contributed by atoms with van der Waals surface area (Å²) in [5.74, 6) is -0.0817. The van der Waals surface area contributed by atoms with Crippen molar-refractivity contribution >= 4 is 29.0 Å². The van der Waals surface area contributed by atoms with Crippen LogP contribution in [0.3, 0.4) is 0 Å². The van der Waals surface area contributed by atoms with Crippen molar-refractivity contribution in [2.24, 2.45) is 0 Å². The van der Waals surface area contributed by atoms with E-state index in [0.29, 0.717) is 57.9 Å². The van der Waals surface area contributed by atoms with Gasteiger partial charge in [0.05, 0.1) is 28.4 Å². The average molecular weight is 613 g/mol. The number of nitrogens with zero attached hydrogens (tertiary/aromatic N) is 4. The number of carbonyl (C=O) groups is 1. The van der Waals surface area contributed by atoms with Gasteiger partial charge in [-0.15, -0.1) is 5.23 Å². The van der Waals surface area contributed by atoms with Crippen LogP contribution in [0, 0.1) is 0 Å². The van der Waals surface area contributed by atoms with Gasteiger partial charge in [0.1, 0.15) is 23.9 Å². The lowest BCUT2D eigenvalue weighted by Crippen LogP contribution is -2.50. The Hall–Kier alpha value is -3.01. The zero-order valence-corrected chi connectivity index (χ0v) is 22.2. The van der Waals surface area contributed by atoms with E-state index in [2.05, 4.69) is 4.98 Å². The molecule has 0 atom stereocenters. The maximum absolute atomic E-state index is 13.3. The fourth-order valence-electron chi connectivity index (χ4n) is 4.77. The van der Waals surface area contributed by atoms with Gasteiger partial charge in [0.2, 0.25) is 5.91 Å². The molecule has 2 fully saturated rings. The van der Waals surface area contributed by atoms with Gasteiger partial charge in [-0.3, -0.25) is 15.2 Å². The Morgan fingerprint density at radius 3 is 2.17 bits per heavy atom. The Kier molecular flexibility index (Phi) is 9.41. The molecule has 2 aromatic rings. The van der Waals surface area contributed by atoms with E-state index in [0.717, 1.165) is 18.3 Å². The number of aromatic nitrogens is 1. The maximum Gasteiger partial charge on any atom is 0.418 e. The average Bonchev–Trinajstić information content (AvgIpc) is 2.91. The first kappa shape index (κ1) is 30.9. The van der Waals surface area contributed by atoms with Gasteiger partial charge in [0.25, 0.3) is 0 Å². The Balaban J connectivity index is 1.21. The van der Waals surface area contributed by atoms with Crippen molar-refractivity contribution in [2.45, 2.75) is 50.2 Å². The molecule has 0 spiro atoms. The van der Waals surface area contributed by atoms with E-state index in [1.54, 1.807) is 9.80 Å². The lowest BCUT2D eigenvalue weighted by Gasteiger charge is -2.36. The molecule has 0 bridgehead atoms. The fraction of sp³-hybridized carbons (Fsp3) is 0.520. The number of hydrogen-bond donors (Lipinski definition) is 2. The molecule has 9 nitrogen and oxygen atoms in total. The molecule has 16 heteroatoms. The van der Waals surface area contributed by atoms with Crippen molar-refractivity contribution in [3.05, 3.63) is 46.6 Å². The summed E-state index contributed by atoms with van der Waals surface area (Å²) < 4.78 is 89.8. The molecule has 1 aliphatic heterocycles. The normalized spacial score (nSPS) is 20.2. The first-order chi connectivity index (χ1) is 19.2. The van der Waals surface area contributed by atoms with E-state index >= 15 is 0 Å². The molecular weight excluding hydrogens is 586 g/mol. The van der Waals surface area contributed by atoms with Crippen LogP contribution >= 0.6 is 11.6 Å². The van der Waals surface area contributed by atoms with Crippen LogP contribution in [0.15, 0.2) is 30.5 Å². The summed E-state index contributed by atoms with van der Waals surface area (Å²) in [5.41, 5.74) is -3.02. The number of ether oxygens (including phenoxy) is 2. The summed E-state index contributed by atoms with van der Waals surface area (Å²) >= 11 is 6.02. The fourth-order valence-corrected chi connectivity index (χ4v) is 5.05. The van der Waals surface area contributed by atoms with Crippen molar-refractivity contribution in [1.82, 2.24) is 9.88 Å². The molecule has 2 aliphatic rings. The van der Waals surface area contributed by atoms with E-state index in [1.807, 2.05) is 0 Å². The summed E-state index contributed by atoms with van der Waals surface area (Å²) in [6.07, 6.45) is -7.26. The molecule has 226 valence electrons. The predicted molar refractivity (Wildman–Crippen MR) is 133 cm³/mol. The Bertz CT molecular complexity index is 1220. The lowest BCUT2D eigenvalue weighted by atomic mass is 9.95. The number of rotatable bonds is 7. The third kappa shape index (κ3) is 7.84. The van der Waals surface area contributed by atoms with Gasteiger partial charge in [0, 0.05) is 32.4 Å². The zero-order chi connectivity index (χ0) is 29.9. The number of amides is 1. The Morgan fingerprint density at radius 1 is 0.976 bits per heavy atom. The van der Waals surface area contributed by atoms with Gasteiger partial charge < -0.3 is 19.3 Å². The second-order valence-corrected chi connectivity index (χ2v) is 10.1. The van der Waals surface area contributed by atoms with Crippen LogP contribution in [0.5, 0.6) is 5.75 Å². The first-order valence-corrected chi connectivity index (χ1v) is 13.0. The van der Waals surface area contributed by atoms with Crippen LogP contribution < -0.4 is 14.9 Å². The molecule has 4 rings (SSSR count). The molecule has 1 aromatic carbocycles. The van der Waals surface area contributed by atoms with E-state index in [9.17, 15) is 31.1 Å². The zero-order valence-electron chi connectivity index (χ0n) is 21.5. The topological polar surface area (TPSA) is 98.6 Å². The number of benzene rings is 1. The lowest BCUT2D eigenvalue weighted by molar-refractivity contribution is -0.140. The van der Waals surface area contributed by atoms with E-state index in [1.165, 1.54) is 6.07 Å². The van der Waals surface area contributed by atoms with Crippen molar-refractivity contribution in [1.29, 1.82) is 0 Å². The summed E-state index contributed by atoms with van der Waals surface area (Å²) in [6.45, 7) is 1.12. The standard InChI is InChI=1S/C25H27ClF6N4O5/c26-20-11-15(24(27,28)29)13-33-23(20)35-9-7-34(8-10-35)22(37)14-40-16-1-3-17(4-2-16)41-18-5-6-21(36(38)39)19(12-18)25(30,31)32/h5-6,11-13,16-17,38-39H,1-4,7-10,14H2. The molecular formula is C25H27ClF6N4O5. The maximum atomic E-state index is 13.3. The van der Waals surface area contributed by atoms with Gasteiger partial charge in [-0.25, -0.2) is 4.98 Å². The summed E-state index contributed by atoms with van der Waals surface area (Å²) in [6, 6.07) is 3.64. The van der Waals surface area contributed by atoms with Crippen LogP contribution in [0.2, 0.25) is 5.02 Å². The van der Waals surface area contributed by atoms with E-state index in [-0.39, 0.29) is 41.3 Å². The molecule has 0 unspecified atom stereocenters. The summed E-state index contributed by atoms with van der Waals surface area (Å²) in [7, 11) is 0. The van der Waals surface area contributed by atoms with Crippen molar-refractivity contribution in [2.75, 3.05) is 42.9 Å². The number of alkyl halides is 6. The monoisotopic (exact) mass is 612 g/mol. The molecule has 1 amide bonds. The smallest absolute Gasteiger partial charge is 0.418 e. The second kappa shape index (κ2) is 12.5. The van der Waals surface area contributed by atoms with Crippen LogP contribution in [0.4, 0.5) is 37.8 Å². The molecule has 1 aromatic heterocycles.